The Balaban J connectivity index is 1.54. The van der Waals surface area contributed by atoms with Gasteiger partial charge in [-0.05, 0) is 120 Å². The van der Waals surface area contributed by atoms with Crippen molar-refractivity contribution in [1.82, 2.24) is 0 Å². The average molecular weight is 445 g/mol. The highest BCUT2D eigenvalue weighted by Gasteiger charge is 2.71. The van der Waals surface area contributed by atoms with Crippen LogP contribution in [0.2, 0.25) is 0 Å². The van der Waals surface area contributed by atoms with Crippen molar-refractivity contribution in [1.29, 1.82) is 0 Å². The Morgan fingerprint density at radius 1 is 0.438 bits per heavy atom. The SMILES string of the molecule is CC1(C)C(O)CCC2(C)C1CCC1(C)C2CCC2C3(C)CCC(O)C(C)(C)C3CCC21C. The molecule has 5 aliphatic carbocycles. The first-order chi connectivity index (χ1) is 14.7. The molecule has 2 heteroatoms. The van der Waals surface area contributed by atoms with E-state index in [0.29, 0.717) is 33.5 Å². The van der Waals surface area contributed by atoms with E-state index in [4.69, 9.17) is 0 Å². The number of aliphatic hydroxyl groups excluding tert-OH is 2. The Morgan fingerprint density at radius 2 is 0.781 bits per heavy atom. The molecular formula is C30H52O2. The minimum atomic E-state index is -0.137. The van der Waals surface area contributed by atoms with Crippen molar-refractivity contribution < 1.29 is 10.2 Å². The van der Waals surface area contributed by atoms with Gasteiger partial charge >= 0.3 is 0 Å². The van der Waals surface area contributed by atoms with E-state index < -0.39 is 0 Å². The summed E-state index contributed by atoms with van der Waals surface area (Å²) >= 11 is 0. The normalized spacial score (nSPS) is 58.7. The van der Waals surface area contributed by atoms with Crippen LogP contribution in [0, 0.1) is 56.2 Å². The number of fused-ring (bicyclic) bond motifs is 7. The van der Waals surface area contributed by atoms with Gasteiger partial charge in [0.2, 0.25) is 0 Å². The maximum atomic E-state index is 10.9. The fourth-order valence-electron chi connectivity index (χ4n) is 12.1. The van der Waals surface area contributed by atoms with Gasteiger partial charge in [-0.1, -0.05) is 55.4 Å². The molecule has 5 saturated carbocycles. The van der Waals surface area contributed by atoms with E-state index in [9.17, 15) is 10.2 Å². The highest BCUT2D eigenvalue weighted by atomic mass is 16.3. The summed E-state index contributed by atoms with van der Waals surface area (Å²) in [6.07, 6.45) is 12.1. The molecule has 5 fully saturated rings. The molecule has 2 N–H and O–H groups in total. The van der Waals surface area contributed by atoms with Crippen LogP contribution in [-0.4, -0.2) is 22.4 Å². The molecule has 0 bridgehead atoms. The molecular weight excluding hydrogens is 392 g/mol. The first-order valence-electron chi connectivity index (χ1n) is 14.0. The Bertz CT molecular complexity index is 707. The van der Waals surface area contributed by atoms with Gasteiger partial charge in [0.15, 0.2) is 0 Å². The molecule has 0 radical (unpaired) electrons. The van der Waals surface area contributed by atoms with E-state index in [1.54, 1.807) is 0 Å². The second-order valence-electron chi connectivity index (χ2n) is 15.5. The van der Waals surface area contributed by atoms with Gasteiger partial charge in [-0.3, -0.25) is 0 Å². The first-order valence-corrected chi connectivity index (χ1v) is 14.0. The van der Waals surface area contributed by atoms with Crippen molar-refractivity contribution in [3.63, 3.8) is 0 Å². The van der Waals surface area contributed by atoms with E-state index in [1.165, 1.54) is 51.4 Å². The van der Waals surface area contributed by atoms with Crippen molar-refractivity contribution in [2.75, 3.05) is 0 Å². The smallest absolute Gasteiger partial charge is 0.0594 e. The molecule has 0 aliphatic heterocycles. The minimum absolute atomic E-state index is 0.0409. The van der Waals surface area contributed by atoms with Gasteiger partial charge in [-0.25, -0.2) is 0 Å². The zero-order chi connectivity index (χ0) is 23.5. The third-order valence-corrected chi connectivity index (χ3v) is 14.1. The zero-order valence-electron chi connectivity index (χ0n) is 22.4. The van der Waals surface area contributed by atoms with Crippen molar-refractivity contribution >= 4 is 0 Å². The van der Waals surface area contributed by atoms with Crippen LogP contribution in [0.15, 0.2) is 0 Å². The van der Waals surface area contributed by atoms with Crippen LogP contribution < -0.4 is 0 Å². The lowest BCUT2D eigenvalue weighted by atomic mass is 9.30. The van der Waals surface area contributed by atoms with Gasteiger partial charge in [0.1, 0.15) is 0 Å². The molecule has 0 heterocycles. The van der Waals surface area contributed by atoms with Crippen molar-refractivity contribution in [3.8, 4) is 0 Å². The fourth-order valence-corrected chi connectivity index (χ4v) is 12.1. The van der Waals surface area contributed by atoms with Crippen molar-refractivity contribution in [3.05, 3.63) is 0 Å². The fraction of sp³-hybridized carbons (Fsp3) is 1.00. The van der Waals surface area contributed by atoms with Crippen LogP contribution in [0.5, 0.6) is 0 Å². The first kappa shape index (κ1) is 23.7. The zero-order valence-corrected chi connectivity index (χ0v) is 22.4. The standard InChI is InChI=1S/C30H52O2/c1-25(2)19-11-17-29(7)21(27(19,5)15-13-23(25)31)9-10-22-28(6)16-14-24(32)26(3,4)20(28)12-18-30(22,29)8/h19-24,31-32H,9-18H2,1-8H3. The molecule has 0 saturated heterocycles. The summed E-state index contributed by atoms with van der Waals surface area (Å²) in [6.45, 7) is 20.1. The largest absolute Gasteiger partial charge is 0.393 e. The summed E-state index contributed by atoms with van der Waals surface area (Å²) in [7, 11) is 0. The third kappa shape index (κ3) is 2.61. The predicted molar refractivity (Wildman–Crippen MR) is 132 cm³/mol. The van der Waals surface area contributed by atoms with Crippen molar-refractivity contribution in [2.24, 2.45) is 56.2 Å². The minimum Gasteiger partial charge on any atom is -0.393 e. The lowest BCUT2D eigenvalue weighted by Gasteiger charge is -2.75. The predicted octanol–water partition coefficient (Wildman–Crippen LogP) is 7.22. The van der Waals surface area contributed by atoms with Gasteiger partial charge in [-0.2, -0.15) is 0 Å². The molecule has 0 aromatic rings. The second kappa shape index (κ2) is 6.77. The Hall–Kier alpha value is -0.0800. The van der Waals surface area contributed by atoms with Gasteiger partial charge in [-0.15, -0.1) is 0 Å². The highest BCUT2D eigenvalue weighted by Crippen LogP contribution is 2.78. The summed E-state index contributed by atoms with van der Waals surface area (Å²) < 4.78 is 0. The molecule has 10 unspecified atom stereocenters. The summed E-state index contributed by atoms with van der Waals surface area (Å²) in [5.74, 6) is 2.86. The lowest BCUT2D eigenvalue weighted by Crippen LogP contribution is -2.68. The topological polar surface area (TPSA) is 40.5 Å². The number of hydrogen-bond acceptors (Lipinski definition) is 2. The molecule has 0 spiro atoms. The van der Waals surface area contributed by atoms with Crippen LogP contribution in [-0.2, 0) is 0 Å². The maximum absolute atomic E-state index is 10.9. The molecule has 5 rings (SSSR count). The molecule has 0 aromatic carbocycles. The van der Waals surface area contributed by atoms with E-state index in [2.05, 4.69) is 55.4 Å². The maximum Gasteiger partial charge on any atom is 0.0594 e. The summed E-state index contributed by atoms with van der Waals surface area (Å²) in [5.41, 5.74) is 1.60. The summed E-state index contributed by atoms with van der Waals surface area (Å²) in [6, 6.07) is 0. The molecule has 0 aromatic heterocycles. The summed E-state index contributed by atoms with van der Waals surface area (Å²) in [5, 5.41) is 21.8. The highest BCUT2D eigenvalue weighted by molar-refractivity contribution is 5.20. The Morgan fingerprint density at radius 3 is 1.12 bits per heavy atom. The Labute approximate surface area is 198 Å². The number of hydrogen-bond donors (Lipinski definition) is 2. The summed E-state index contributed by atoms with van der Waals surface area (Å²) in [4.78, 5) is 0. The molecule has 10 atom stereocenters. The van der Waals surface area contributed by atoms with Crippen LogP contribution >= 0.6 is 0 Å². The molecule has 5 aliphatic rings. The quantitative estimate of drug-likeness (QED) is 0.414. The van der Waals surface area contributed by atoms with E-state index in [0.717, 1.165) is 24.7 Å². The van der Waals surface area contributed by atoms with Gasteiger partial charge in [0.25, 0.3) is 0 Å². The third-order valence-electron chi connectivity index (χ3n) is 14.1. The number of rotatable bonds is 0. The lowest BCUT2D eigenvalue weighted by molar-refractivity contribution is -0.270. The Kier molecular flexibility index (Phi) is 5.01. The van der Waals surface area contributed by atoms with Gasteiger partial charge < -0.3 is 10.2 Å². The molecule has 2 nitrogen and oxygen atoms in total. The van der Waals surface area contributed by atoms with Crippen molar-refractivity contribution in [2.45, 2.75) is 132 Å². The van der Waals surface area contributed by atoms with Crippen LogP contribution in [0.4, 0.5) is 0 Å². The van der Waals surface area contributed by atoms with Crippen LogP contribution in [0.3, 0.4) is 0 Å². The molecule has 184 valence electrons. The molecule has 32 heavy (non-hydrogen) atoms. The second-order valence-corrected chi connectivity index (χ2v) is 15.5. The van der Waals surface area contributed by atoms with E-state index >= 15 is 0 Å². The monoisotopic (exact) mass is 444 g/mol. The van der Waals surface area contributed by atoms with Gasteiger partial charge in [0, 0.05) is 0 Å². The molecule has 0 amide bonds. The van der Waals surface area contributed by atoms with E-state index in [-0.39, 0.29) is 23.0 Å². The average Bonchev–Trinajstić information content (AvgIpc) is 2.69. The van der Waals surface area contributed by atoms with Gasteiger partial charge in [0.05, 0.1) is 12.2 Å². The van der Waals surface area contributed by atoms with Crippen LogP contribution in [0.25, 0.3) is 0 Å². The van der Waals surface area contributed by atoms with Crippen LogP contribution in [0.1, 0.15) is 120 Å². The number of aliphatic hydroxyl groups is 2. The van der Waals surface area contributed by atoms with E-state index in [1.807, 2.05) is 0 Å².